The zero-order valence-electron chi connectivity index (χ0n) is 25.2. The Bertz CT molecular complexity index is 1370. The number of carbonyl (C=O) groups is 2. The van der Waals surface area contributed by atoms with Crippen LogP contribution in [0.5, 0.6) is 5.75 Å². The summed E-state index contributed by atoms with van der Waals surface area (Å²) in [6, 6.07) is 14.8. The number of hydrogen-bond acceptors (Lipinski definition) is 7. The highest BCUT2D eigenvalue weighted by molar-refractivity contribution is 7.17. The number of anilines is 2. The van der Waals surface area contributed by atoms with Crippen LogP contribution in [0.15, 0.2) is 47.8 Å². The minimum absolute atomic E-state index is 0.0573. The number of nitrogens with one attached hydrogen (secondary N) is 1. The third-order valence-electron chi connectivity index (χ3n) is 8.33. The van der Waals surface area contributed by atoms with E-state index in [0.717, 1.165) is 75.4 Å². The molecule has 0 bridgehead atoms. The number of amides is 2. The number of hydrogen-bond donors (Lipinski definition) is 1. The van der Waals surface area contributed by atoms with Crippen molar-refractivity contribution in [1.82, 2.24) is 10.2 Å². The monoisotopic (exact) mass is 592 g/mol. The SMILES string of the molecule is CCCCNC(=O)OCN1C(=O)CC(C)(C)c2ccc(OCCCCN3CCN(c4cccc5sccc45)CC3)cc21. The first-order valence-electron chi connectivity index (χ1n) is 15.3. The van der Waals surface area contributed by atoms with E-state index in [-0.39, 0.29) is 18.1 Å². The third-order valence-corrected chi connectivity index (χ3v) is 9.21. The standard InChI is InChI=1S/C33H44N4O4S/c1-4-5-14-34-32(39)41-24-37-29-22-25(11-12-27(29)33(2,3)23-31(37)38)40-20-7-6-15-35-16-18-36(19-17-35)28-9-8-10-30-26(28)13-21-42-30/h8-13,21-22H,4-7,14-20,23-24H2,1-3H3,(H,34,39). The molecule has 2 aliphatic rings. The topological polar surface area (TPSA) is 74.3 Å². The number of unbranched alkanes of at least 4 members (excludes halogenated alkanes) is 2. The Morgan fingerprint density at radius 1 is 1.02 bits per heavy atom. The van der Waals surface area contributed by atoms with E-state index in [1.807, 2.05) is 18.2 Å². The number of fused-ring (bicyclic) bond motifs is 2. The molecule has 2 aliphatic heterocycles. The summed E-state index contributed by atoms with van der Waals surface area (Å²) >= 11 is 1.81. The normalized spacial score (nSPS) is 16.9. The number of rotatable bonds is 12. The smallest absolute Gasteiger partial charge is 0.408 e. The molecule has 0 aliphatic carbocycles. The van der Waals surface area contributed by atoms with Gasteiger partial charge in [-0.2, -0.15) is 0 Å². The molecule has 0 spiro atoms. The van der Waals surface area contributed by atoms with Gasteiger partial charge in [-0.3, -0.25) is 14.6 Å². The minimum atomic E-state index is -0.503. The van der Waals surface area contributed by atoms with Crippen LogP contribution >= 0.6 is 11.3 Å². The van der Waals surface area contributed by atoms with Crippen molar-refractivity contribution in [3.63, 3.8) is 0 Å². The Hall–Kier alpha value is -3.30. The van der Waals surface area contributed by atoms with Gasteiger partial charge in [-0.05, 0) is 61.0 Å². The van der Waals surface area contributed by atoms with Crippen molar-refractivity contribution >= 4 is 44.8 Å². The van der Waals surface area contributed by atoms with E-state index in [2.05, 4.69) is 65.5 Å². The van der Waals surface area contributed by atoms with Crippen LogP contribution in [0.4, 0.5) is 16.2 Å². The second kappa shape index (κ2) is 13.8. The quantitative estimate of drug-likeness (QED) is 0.246. The van der Waals surface area contributed by atoms with E-state index in [0.29, 0.717) is 19.6 Å². The highest BCUT2D eigenvalue weighted by Gasteiger charge is 2.37. The molecule has 1 fully saturated rings. The molecule has 42 heavy (non-hydrogen) atoms. The van der Waals surface area contributed by atoms with Gasteiger partial charge in [0.05, 0.1) is 12.3 Å². The molecule has 3 aromatic rings. The van der Waals surface area contributed by atoms with Crippen molar-refractivity contribution in [2.75, 3.05) is 62.4 Å². The van der Waals surface area contributed by atoms with Crippen molar-refractivity contribution < 1.29 is 19.1 Å². The van der Waals surface area contributed by atoms with Crippen LogP contribution in [0.1, 0.15) is 58.4 Å². The molecular formula is C33H44N4O4S. The molecule has 1 saturated heterocycles. The van der Waals surface area contributed by atoms with Gasteiger partial charge in [-0.1, -0.05) is 39.3 Å². The van der Waals surface area contributed by atoms with E-state index in [4.69, 9.17) is 9.47 Å². The summed E-state index contributed by atoms with van der Waals surface area (Å²) in [5.74, 6) is 0.672. The molecule has 0 radical (unpaired) electrons. The summed E-state index contributed by atoms with van der Waals surface area (Å²) in [5, 5.41) is 6.28. The van der Waals surface area contributed by atoms with Gasteiger partial charge in [-0.15, -0.1) is 11.3 Å². The number of thiophene rings is 1. The molecule has 2 amide bonds. The lowest BCUT2D eigenvalue weighted by Gasteiger charge is -2.38. The van der Waals surface area contributed by atoms with E-state index in [9.17, 15) is 9.59 Å². The molecule has 9 heteroatoms. The first kappa shape index (κ1) is 30.2. The van der Waals surface area contributed by atoms with E-state index in [1.165, 1.54) is 15.8 Å². The largest absolute Gasteiger partial charge is 0.494 e. The van der Waals surface area contributed by atoms with Crippen LogP contribution in [-0.4, -0.2) is 69.5 Å². The molecule has 3 heterocycles. The Kier molecular flexibility index (Phi) is 9.90. The molecular weight excluding hydrogens is 548 g/mol. The Labute approximate surface area is 253 Å². The lowest BCUT2D eigenvalue weighted by atomic mass is 9.77. The summed E-state index contributed by atoms with van der Waals surface area (Å²) in [7, 11) is 0. The highest BCUT2D eigenvalue weighted by Crippen LogP contribution is 2.42. The number of benzene rings is 2. The third kappa shape index (κ3) is 7.18. The summed E-state index contributed by atoms with van der Waals surface area (Å²) < 4.78 is 12.9. The number of alkyl carbamates (subject to hydrolysis) is 1. The van der Waals surface area contributed by atoms with Gasteiger partial charge in [0.15, 0.2) is 6.73 Å². The fourth-order valence-corrected chi connectivity index (χ4v) is 6.68. The molecule has 5 rings (SSSR count). The van der Waals surface area contributed by atoms with Gasteiger partial charge in [0.25, 0.3) is 0 Å². The van der Waals surface area contributed by atoms with E-state index in [1.54, 1.807) is 16.2 Å². The molecule has 226 valence electrons. The second-order valence-corrected chi connectivity index (χ2v) is 12.8. The second-order valence-electron chi connectivity index (χ2n) is 11.9. The summed E-state index contributed by atoms with van der Waals surface area (Å²) in [6.07, 6.45) is 3.76. The maximum absolute atomic E-state index is 13.0. The van der Waals surface area contributed by atoms with Crippen LogP contribution in [-0.2, 0) is 14.9 Å². The number of piperazine rings is 1. The average molecular weight is 593 g/mol. The first-order valence-corrected chi connectivity index (χ1v) is 16.2. The zero-order valence-corrected chi connectivity index (χ0v) is 26.0. The average Bonchev–Trinajstić information content (AvgIpc) is 3.46. The van der Waals surface area contributed by atoms with Gasteiger partial charge in [-0.25, -0.2) is 4.79 Å². The van der Waals surface area contributed by atoms with Crippen LogP contribution in [0.3, 0.4) is 0 Å². The first-order chi connectivity index (χ1) is 20.4. The fraction of sp³-hybridized carbons (Fsp3) is 0.515. The van der Waals surface area contributed by atoms with Crippen molar-refractivity contribution in [3.8, 4) is 5.75 Å². The summed E-state index contributed by atoms with van der Waals surface area (Å²) in [4.78, 5) is 31.8. The van der Waals surface area contributed by atoms with E-state index >= 15 is 0 Å². The zero-order chi connectivity index (χ0) is 29.5. The van der Waals surface area contributed by atoms with Crippen LogP contribution in [0.2, 0.25) is 0 Å². The summed E-state index contributed by atoms with van der Waals surface area (Å²) in [6.45, 7) is 12.6. The van der Waals surface area contributed by atoms with E-state index < -0.39 is 6.09 Å². The number of carbonyl (C=O) groups excluding carboxylic acids is 2. The van der Waals surface area contributed by atoms with Crippen LogP contribution in [0.25, 0.3) is 10.1 Å². The summed E-state index contributed by atoms with van der Waals surface area (Å²) in [5.41, 5.74) is 2.87. The maximum atomic E-state index is 13.0. The van der Waals surface area contributed by atoms with Gasteiger partial charge >= 0.3 is 6.09 Å². The highest BCUT2D eigenvalue weighted by atomic mass is 32.1. The number of ether oxygens (including phenoxy) is 2. The molecule has 2 aromatic carbocycles. The minimum Gasteiger partial charge on any atom is -0.494 e. The molecule has 1 N–H and O–H groups in total. The van der Waals surface area contributed by atoms with Crippen molar-refractivity contribution in [3.05, 3.63) is 53.4 Å². The molecule has 0 saturated carbocycles. The van der Waals surface area contributed by atoms with Gasteiger partial charge in [0.2, 0.25) is 5.91 Å². The molecule has 1 aromatic heterocycles. The van der Waals surface area contributed by atoms with Crippen molar-refractivity contribution in [2.24, 2.45) is 0 Å². The predicted octanol–water partition coefficient (Wildman–Crippen LogP) is 6.38. The fourth-order valence-electron chi connectivity index (χ4n) is 5.88. The Balaban J connectivity index is 1.08. The van der Waals surface area contributed by atoms with Crippen molar-refractivity contribution in [2.45, 2.75) is 58.3 Å². The maximum Gasteiger partial charge on any atom is 0.408 e. The molecule has 0 unspecified atom stereocenters. The van der Waals surface area contributed by atoms with Gasteiger partial charge < -0.3 is 19.7 Å². The van der Waals surface area contributed by atoms with Crippen molar-refractivity contribution in [1.29, 1.82) is 0 Å². The lowest BCUT2D eigenvalue weighted by Crippen LogP contribution is -2.46. The molecule has 0 atom stereocenters. The lowest BCUT2D eigenvalue weighted by molar-refractivity contribution is -0.120. The van der Waals surface area contributed by atoms with Gasteiger partial charge in [0, 0.05) is 66.4 Å². The number of nitrogens with zero attached hydrogens (tertiary/aromatic N) is 3. The molecule has 8 nitrogen and oxygen atoms in total. The Morgan fingerprint density at radius 3 is 2.67 bits per heavy atom. The predicted molar refractivity (Wildman–Crippen MR) is 171 cm³/mol. The van der Waals surface area contributed by atoms with Gasteiger partial charge in [0.1, 0.15) is 5.75 Å². The van der Waals surface area contributed by atoms with Crippen LogP contribution in [0, 0.1) is 0 Å². The van der Waals surface area contributed by atoms with Crippen LogP contribution < -0.4 is 19.9 Å². The Morgan fingerprint density at radius 2 is 1.86 bits per heavy atom.